The fraction of sp³-hybridized carbons (Fsp3) is 0.250. The van der Waals surface area contributed by atoms with Gasteiger partial charge in [0, 0.05) is 23.5 Å². The highest BCUT2D eigenvalue weighted by Gasteiger charge is 2.26. The largest absolute Gasteiger partial charge is 0.409 e. The molecule has 0 fully saturated rings. The minimum Gasteiger partial charge on any atom is -0.409 e. The van der Waals surface area contributed by atoms with Crippen molar-refractivity contribution in [1.82, 2.24) is 4.98 Å². The summed E-state index contributed by atoms with van der Waals surface area (Å²) in [5.41, 5.74) is 9.84. The van der Waals surface area contributed by atoms with Crippen LogP contribution in [0.2, 0.25) is 0 Å². The van der Waals surface area contributed by atoms with Crippen molar-refractivity contribution < 1.29 is 5.21 Å². The molecule has 5 nitrogen and oxygen atoms in total. The molecule has 0 saturated carbocycles. The summed E-state index contributed by atoms with van der Waals surface area (Å²) in [4.78, 5) is 6.43. The average Bonchev–Trinajstić information content (AvgIpc) is 2.54. The van der Waals surface area contributed by atoms with Crippen molar-refractivity contribution in [3.8, 4) is 0 Å². The molecule has 21 heavy (non-hydrogen) atoms. The molecule has 5 heteroatoms. The zero-order valence-electron chi connectivity index (χ0n) is 11.9. The van der Waals surface area contributed by atoms with E-state index >= 15 is 0 Å². The topological polar surface area (TPSA) is 74.7 Å². The van der Waals surface area contributed by atoms with Crippen molar-refractivity contribution in [2.45, 2.75) is 25.8 Å². The summed E-state index contributed by atoms with van der Waals surface area (Å²) in [6, 6.07) is 10.4. The molecule has 0 radical (unpaired) electrons. The maximum Gasteiger partial charge on any atom is 0.172 e. The lowest BCUT2D eigenvalue weighted by atomic mass is 9.95. The van der Waals surface area contributed by atoms with Crippen LogP contribution in [-0.2, 0) is 6.42 Å². The van der Waals surface area contributed by atoms with Gasteiger partial charge in [-0.05, 0) is 37.5 Å². The zero-order valence-corrected chi connectivity index (χ0v) is 11.9. The summed E-state index contributed by atoms with van der Waals surface area (Å²) in [5.74, 6) is 0.0997. The van der Waals surface area contributed by atoms with Gasteiger partial charge in [0.15, 0.2) is 5.84 Å². The van der Waals surface area contributed by atoms with Crippen LogP contribution in [0.1, 0.15) is 24.5 Å². The first-order chi connectivity index (χ1) is 10.2. The predicted octanol–water partition coefficient (Wildman–Crippen LogP) is 2.65. The van der Waals surface area contributed by atoms with Crippen LogP contribution in [0.5, 0.6) is 0 Å². The molecule has 1 aliphatic rings. The molecule has 1 aromatic carbocycles. The van der Waals surface area contributed by atoms with Crippen LogP contribution in [0.25, 0.3) is 0 Å². The number of nitrogens with zero attached hydrogens (tertiary/aromatic N) is 3. The molecular weight excluding hydrogens is 264 g/mol. The second kappa shape index (κ2) is 5.44. The van der Waals surface area contributed by atoms with E-state index in [1.165, 1.54) is 5.56 Å². The van der Waals surface area contributed by atoms with Gasteiger partial charge in [-0.1, -0.05) is 23.4 Å². The number of fused-ring (bicyclic) bond motifs is 1. The van der Waals surface area contributed by atoms with E-state index in [0.717, 1.165) is 24.2 Å². The average molecular weight is 282 g/mol. The third kappa shape index (κ3) is 2.31. The number of amidine groups is 1. The number of pyridine rings is 1. The summed E-state index contributed by atoms with van der Waals surface area (Å²) in [7, 11) is 0. The van der Waals surface area contributed by atoms with Crippen LogP contribution in [-0.4, -0.2) is 22.1 Å². The molecule has 0 saturated heterocycles. The first kappa shape index (κ1) is 13.4. The molecule has 3 rings (SSSR count). The Morgan fingerprint density at radius 3 is 2.95 bits per heavy atom. The van der Waals surface area contributed by atoms with Gasteiger partial charge < -0.3 is 15.8 Å². The summed E-state index contributed by atoms with van der Waals surface area (Å²) in [6.07, 6.45) is 5.54. The second-order valence-electron chi connectivity index (χ2n) is 5.26. The van der Waals surface area contributed by atoms with E-state index in [1.54, 1.807) is 18.5 Å². The van der Waals surface area contributed by atoms with Crippen molar-refractivity contribution in [2.24, 2.45) is 10.9 Å². The van der Waals surface area contributed by atoms with E-state index in [2.05, 4.69) is 40.2 Å². The van der Waals surface area contributed by atoms with E-state index in [4.69, 9.17) is 10.9 Å². The molecule has 0 aliphatic carbocycles. The number of anilines is 2. The fourth-order valence-electron chi connectivity index (χ4n) is 2.90. The van der Waals surface area contributed by atoms with Crippen molar-refractivity contribution in [1.29, 1.82) is 0 Å². The summed E-state index contributed by atoms with van der Waals surface area (Å²) >= 11 is 0. The third-order valence-corrected chi connectivity index (χ3v) is 3.97. The van der Waals surface area contributed by atoms with Crippen LogP contribution in [0.4, 0.5) is 11.4 Å². The second-order valence-corrected chi connectivity index (χ2v) is 5.26. The molecule has 108 valence electrons. The van der Waals surface area contributed by atoms with Gasteiger partial charge in [0.05, 0.1) is 11.9 Å². The van der Waals surface area contributed by atoms with Gasteiger partial charge in [0.25, 0.3) is 0 Å². The van der Waals surface area contributed by atoms with Crippen LogP contribution in [0, 0.1) is 0 Å². The molecule has 0 bridgehead atoms. The zero-order chi connectivity index (χ0) is 14.8. The van der Waals surface area contributed by atoms with E-state index < -0.39 is 0 Å². The smallest absolute Gasteiger partial charge is 0.172 e. The summed E-state index contributed by atoms with van der Waals surface area (Å²) < 4.78 is 0. The fourth-order valence-corrected chi connectivity index (χ4v) is 2.90. The minimum atomic E-state index is 0.0997. The highest BCUT2D eigenvalue weighted by atomic mass is 16.4. The SMILES string of the molecule is CC1CCc2ccccc2N1c1cnccc1/C(N)=N/O. The Morgan fingerprint density at radius 1 is 1.33 bits per heavy atom. The van der Waals surface area contributed by atoms with Crippen molar-refractivity contribution in [3.05, 3.63) is 53.9 Å². The van der Waals surface area contributed by atoms with Crippen LogP contribution in [0.3, 0.4) is 0 Å². The first-order valence-electron chi connectivity index (χ1n) is 7.01. The number of benzene rings is 1. The Kier molecular flexibility index (Phi) is 3.48. The number of aromatic nitrogens is 1. The van der Waals surface area contributed by atoms with Gasteiger partial charge >= 0.3 is 0 Å². The predicted molar refractivity (Wildman–Crippen MR) is 83.1 cm³/mol. The number of aryl methyl sites for hydroxylation is 1. The van der Waals surface area contributed by atoms with Crippen molar-refractivity contribution in [3.63, 3.8) is 0 Å². The van der Waals surface area contributed by atoms with Crippen LogP contribution < -0.4 is 10.6 Å². The molecular formula is C16H18N4O. The van der Waals surface area contributed by atoms with Gasteiger partial charge in [0.1, 0.15) is 0 Å². The lowest BCUT2D eigenvalue weighted by Crippen LogP contribution is -2.35. The van der Waals surface area contributed by atoms with Gasteiger partial charge in [-0.2, -0.15) is 0 Å². The highest BCUT2D eigenvalue weighted by Crippen LogP contribution is 2.37. The Labute approximate surface area is 123 Å². The molecule has 1 aromatic heterocycles. The van der Waals surface area contributed by atoms with Crippen LogP contribution >= 0.6 is 0 Å². The van der Waals surface area contributed by atoms with Crippen LogP contribution in [0.15, 0.2) is 47.9 Å². The van der Waals surface area contributed by atoms with Crippen molar-refractivity contribution >= 4 is 17.2 Å². The summed E-state index contributed by atoms with van der Waals surface area (Å²) in [6.45, 7) is 2.18. The quantitative estimate of drug-likeness (QED) is 0.384. The molecule has 0 amide bonds. The first-order valence-corrected chi connectivity index (χ1v) is 7.01. The highest BCUT2D eigenvalue weighted by molar-refractivity contribution is 6.02. The van der Waals surface area contributed by atoms with E-state index in [1.807, 2.05) is 6.07 Å². The van der Waals surface area contributed by atoms with Gasteiger partial charge in [0.2, 0.25) is 0 Å². The number of para-hydroxylation sites is 1. The number of hydrogen-bond donors (Lipinski definition) is 2. The summed E-state index contributed by atoms with van der Waals surface area (Å²) in [5, 5.41) is 12.1. The number of oxime groups is 1. The molecule has 0 spiro atoms. The van der Waals surface area contributed by atoms with Gasteiger partial charge in [-0.15, -0.1) is 0 Å². The molecule has 1 atom stereocenters. The minimum absolute atomic E-state index is 0.0997. The third-order valence-electron chi connectivity index (χ3n) is 3.97. The van der Waals surface area contributed by atoms with E-state index in [-0.39, 0.29) is 5.84 Å². The number of nitrogens with two attached hydrogens (primary N) is 1. The Balaban J connectivity index is 2.17. The molecule has 3 N–H and O–H groups in total. The maximum atomic E-state index is 9.00. The van der Waals surface area contributed by atoms with E-state index in [0.29, 0.717) is 11.6 Å². The molecule has 2 aromatic rings. The maximum absolute atomic E-state index is 9.00. The number of hydrogen-bond acceptors (Lipinski definition) is 4. The standard InChI is InChI=1S/C16H18N4O/c1-11-6-7-12-4-2-3-5-14(12)20(11)15-10-18-9-8-13(15)16(17)19-21/h2-5,8-11,21H,6-7H2,1H3,(H2,17,19). The van der Waals surface area contributed by atoms with E-state index in [9.17, 15) is 0 Å². The molecule has 1 aliphatic heterocycles. The monoisotopic (exact) mass is 282 g/mol. The lowest BCUT2D eigenvalue weighted by molar-refractivity contribution is 0.318. The Morgan fingerprint density at radius 2 is 2.14 bits per heavy atom. The van der Waals surface area contributed by atoms with Gasteiger partial charge in [-0.25, -0.2) is 0 Å². The number of rotatable bonds is 2. The van der Waals surface area contributed by atoms with Crippen molar-refractivity contribution in [2.75, 3.05) is 4.90 Å². The Hall–Kier alpha value is -2.56. The molecule has 2 heterocycles. The Bertz CT molecular complexity index is 683. The van der Waals surface area contributed by atoms with Gasteiger partial charge in [-0.3, -0.25) is 4.98 Å². The lowest BCUT2D eigenvalue weighted by Gasteiger charge is -2.37. The molecule has 1 unspecified atom stereocenters. The normalized spacial score (nSPS) is 18.4.